The summed E-state index contributed by atoms with van der Waals surface area (Å²) in [6, 6.07) is 6.35. The molecule has 10 heteroatoms. The van der Waals surface area contributed by atoms with Crippen LogP contribution in [0.5, 0.6) is 5.75 Å². The van der Waals surface area contributed by atoms with Gasteiger partial charge >= 0.3 is 0 Å². The SMILES string of the molecule is COc1ccc(S(=O)(=O)N[C@H]2CCOC2)cc1C(=O)Nc1ccc(F)c(F)c1. The number of anilines is 1. The molecule has 28 heavy (non-hydrogen) atoms. The Hall–Kier alpha value is -2.56. The number of methoxy groups -OCH3 is 1. The number of hydrogen-bond donors (Lipinski definition) is 2. The Kier molecular flexibility index (Phi) is 5.92. The highest BCUT2D eigenvalue weighted by Crippen LogP contribution is 2.24. The van der Waals surface area contributed by atoms with Crippen LogP contribution >= 0.6 is 0 Å². The number of halogens is 2. The van der Waals surface area contributed by atoms with Crippen molar-refractivity contribution < 1.29 is 31.5 Å². The summed E-state index contributed by atoms with van der Waals surface area (Å²) >= 11 is 0. The standard InChI is InChI=1S/C18H18F2N2O5S/c1-26-17-5-3-13(28(24,25)22-12-6-7-27-10-12)9-14(17)18(23)21-11-2-4-15(19)16(20)8-11/h2-5,8-9,12,22H,6-7,10H2,1H3,(H,21,23)/t12-/m0/s1. The average Bonchev–Trinajstić information content (AvgIpc) is 3.16. The molecule has 0 bridgehead atoms. The lowest BCUT2D eigenvalue weighted by Gasteiger charge is -2.14. The number of ether oxygens (including phenoxy) is 2. The van der Waals surface area contributed by atoms with E-state index in [0.717, 1.165) is 18.2 Å². The summed E-state index contributed by atoms with van der Waals surface area (Å²) in [4.78, 5) is 12.4. The molecule has 1 atom stereocenters. The Labute approximate surface area is 160 Å². The van der Waals surface area contributed by atoms with Gasteiger partial charge in [0.2, 0.25) is 10.0 Å². The number of amides is 1. The molecule has 1 fully saturated rings. The number of carbonyl (C=O) groups is 1. The van der Waals surface area contributed by atoms with Gasteiger partial charge in [-0.1, -0.05) is 0 Å². The van der Waals surface area contributed by atoms with Crippen LogP contribution in [0, 0.1) is 11.6 Å². The molecule has 0 spiro atoms. The molecule has 1 aliphatic heterocycles. The summed E-state index contributed by atoms with van der Waals surface area (Å²) in [6.45, 7) is 0.747. The van der Waals surface area contributed by atoms with Gasteiger partial charge in [-0.25, -0.2) is 21.9 Å². The summed E-state index contributed by atoms with van der Waals surface area (Å²) in [5, 5.41) is 2.39. The Morgan fingerprint density at radius 2 is 1.96 bits per heavy atom. The van der Waals surface area contributed by atoms with Gasteiger partial charge in [-0.2, -0.15) is 0 Å². The van der Waals surface area contributed by atoms with Crippen molar-refractivity contribution in [3.63, 3.8) is 0 Å². The van der Waals surface area contributed by atoms with E-state index in [9.17, 15) is 22.0 Å². The minimum absolute atomic E-state index is 0.0143. The fourth-order valence-electron chi connectivity index (χ4n) is 2.72. The summed E-state index contributed by atoms with van der Waals surface area (Å²) in [7, 11) is -2.56. The van der Waals surface area contributed by atoms with Crippen LogP contribution in [0.1, 0.15) is 16.8 Å². The van der Waals surface area contributed by atoms with Gasteiger partial charge in [0.15, 0.2) is 11.6 Å². The minimum atomic E-state index is -3.89. The van der Waals surface area contributed by atoms with Crippen molar-refractivity contribution in [2.45, 2.75) is 17.4 Å². The third-order valence-electron chi connectivity index (χ3n) is 4.15. The zero-order valence-corrected chi connectivity index (χ0v) is 15.7. The molecule has 1 heterocycles. The van der Waals surface area contributed by atoms with E-state index < -0.39 is 27.6 Å². The van der Waals surface area contributed by atoms with E-state index in [1.165, 1.54) is 25.3 Å². The second-order valence-corrected chi connectivity index (χ2v) is 7.84. The van der Waals surface area contributed by atoms with Crippen molar-refractivity contribution in [1.29, 1.82) is 0 Å². The topological polar surface area (TPSA) is 93.7 Å². The lowest BCUT2D eigenvalue weighted by molar-refractivity contribution is 0.102. The molecule has 7 nitrogen and oxygen atoms in total. The summed E-state index contributed by atoms with van der Waals surface area (Å²) in [5.74, 6) is -2.78. The van der Waals surface area contributed by atoms with Crippen molar-refractivity contribution in [2.75, 3.05) is 25.6 Å². The molecular weight excluding hydrogens is 394 g/mol. The highest BCUT2D eigenvalue weighted by molar-refractivity contribution is 7.89. The first kappa shape index (κ1) is 20.2. The Morgan fingerprint density at radius 1 is 1.18 bits per heavy atom. The quantitative estimate of drug-likeness (QED) is 0.759. The van der Waals surface area contributed by atoms with Gasteiger partial charge in [-0.15, -0.1) is 0 Å². The van der Waals surface area contributed by atoms with Gasteiger partial charge < -0.3 is 14.8 Å². The molecule has 1 amide bonds. The molecule has 2 N–H and O–H groups in total. The molecule has 150 valence electrons. The molecule has 3 rings (SSSR count). The molecule has 0 aliphatic carbocycles. The van der Waals surface area contributed by atoms with E-state index in [1.807, 2.05) is 0 Å². The van der Waals surface area contributed by atoms with E-state index in [-0.39, 0.29) is 34.5 Å². The van der Waals surface area contributed by atoms with Crippen LogP contribution in [0.15, 0.2) is 41.3 Å². The maximum Gasteiger partial charge on any atom is 0.259 e. The first-order valence-corrected chi connectivity index (χ1v) is 9.83. The largest absolute Gasteiger partial charge is 0.496 e. The lowest BCUT2D eigenvalue weighted by Crippen LogP contribution is -2.35. The van der Waals surface area contributed by atoms with Crippen LogP contribution in [0.4, 0.5) is 14.5 Å². The third-order valence-corrected chi connectivity index (χ3v) is 5.67. The van der Waals surface area contributed by atoms with Crippen LogP contribution in [-0.4, -0.2) is 40.7 Å². The fourth-order valence-corrected chi connectivity index (χ4v) is 4.00. The number of rotatable bonds is 6. The molecule has 1 saturated heterocycles. The molecule has 0 radical (unpaired) electrons. The number of carbonyl (C=O) groups excluding carboxylic acids is 1. The molecule has 0 aromatic heterocycles. The highest BCUT2D eigenvalue weighted by atomic mass is 32.2. The lowest BCUT2D eigenvalue weighted by atomic mass is 10.2. The molecule has 1 aliphatic rings. The van der Waals surface area contributed by atoms with Crippen molar-refractivity contribution in [1.82, 2.24) is 4.72 Å². The molecule has 0 saturated carbocycles. The number of benzene rings is 2. The maximum absolute atomic E-state index is 13.3. The maximum atomic E-state index is 13.3. The Bertz CT molecular complexity index is 991. The van der Waals surface area contributed by atoms with Gasteiger partial charge in [0.25, 0.3) is 5.91 Å². The van der Waals surface area contributed by atoms with Crippen molar-refractivity contribution in [3.05, 3.63) is 53.6 Å². The van der Waals surface area contributed by atoms with E-state index in [4.69, 9.17) is 9.47 Å². The number of hydrogen-bond acceptors (Lipinski definition) is 5. The average molecular weight is 412 g/mol. The van der Waals surface area contributed by atoms with Crippen LogP contribution < -0.4 is 14.8 Å². The van der Waals surface area contributed by atoms with Crippen molar-refractivity contribution in [3.8, 4) is 5.75 Å². The van der Waals surface area contributed by atoms with Crippen LogP contribution in [-0.2, 0) is 14.8 Å². The van der Waals surface area contributed by atoms with E-state index in [0.29, 0.717) is 13.0 Å². The molecular formula is C18H18F2N2O5S. The molecule has 2 aromatic carbocycles. The predicted molar refractivity (Wildman–Crippen MR) is 96.9 cm³/mol. The summed E-state index contributed by atoms with van der Waals surface area (Å²) in [6.07, 6.45) is 0.554. The Morgan fingerprint density at radius 3 is 2.61 bits per heavy atom. The summed E-state index contributed by atoms with van der Waals surface area (Å²) in [5.41, 5.74) is -0.0572. The van der Waals surface area contributed by atoms with Crippen LogP contribution in [0.2, 0.25) is 0 Å². The van der Waals surface area contributed by atoms with E-state index in [2.05, 4.69) is 10.0 Å². The number of nitrogens with one attached hydrogen (secondary N) is 2. The number of sulfonamides is 1. The minimum Gasteiger partial charge on any atom is -0.496 e. The van der Waals surface area contributed by atoms with Gasteiger partial charge in [-0.3, -0.25) is 4.79 Å². The Balaban J connectivity index is 1.87. The van der Waals surface area contributed by atoms with Crippen LogP contribution in [0.25, 0.3) is 0 Å². The predicted octanol–water partition coefficient (Wildman–Crippen LogP) is 2.29. The first-order chi connectivity index (χ1) is 13.3. The van der Waals surface area contributed by atoms with E-state index >= 15 is 0 Å². The smallest absolute Gasteiger partial charge is 0.259 e. The first-order valence-electron chi connectivity index (χ1n) is 8.34. The van der Waals surface area contributed by atoms with Crippen LogP contribution in [0.3, 0.4) is 0 Å². The van der Waals surface area contributed by atoms with Gasteiger partial charge in [0.1, 0.15) is 5.75 Å². The van der Waals surface area contributed by atoms with Gasteiger partial charge in [0.05, 0.1) is 24.2 Å². The van der Waals surface area contributed by atoms with Gasteiger partial charge in [-0.05, 0) is 36.8 Å². The zero-order chi connectivity index (χ0) is 20.3. The van der Waals surface area contributed by atoms with Crippen molar-refractivity contribution >= 4 is 21.6 Å². The zero-order valence-electron chi connectivity index (χ0n) is 14.9. The second kappa shape index (κ2) is 8.21. The normalized spacial score (nSPS) is 16.8. The molecule has 0 unspecified atom stereocenters. The fraction of sp³-hybridized carbons (Fsp3) is 0.278. The highest BCUT2D eigenvalue weighted by Gasteiger charge is 2.25. The van der Waals surface area contributed by atoms with Gasteiger partial charge in [0, 0.05) is 24.4 Å². The van der Waals surface area contributed by atoms with E-state index in [1.54, 1.807) is 0 Å². The third kappa shape index (κ3) is 4.46. The molecule has 2 aromatic rings. The van der Waals surface area contributed by atoms with Crippen molar-refractivity contribution in [2.24, 2.45) is 0 Å². The second-order valence-electron chi connectivity index (χ2n) is 6.13. The summed E-state index contributed by atoms with van der Waals surface area (Å²) < 4.78 is 64.3. The monoisotopic (exact) mass is 412 g/mol.